The summed E-state index contributed by atoms with van der Waals surface area (Å²) in [4.78, 5) is 0. The van der Waals surface area contributed by atoms with Crippen LogP contribution in [0.25, 0.3) is 0 Å². The number of aromatic nitrogens is 1. The van der Waals surface area contributed by atoms with Crippen LogP contribution in [0.15, 0.2) is 36.4 Å². The predicted molar refractivity (Wildman–Crippen MR) is 73.2 cm³/mol. The van der Waals surface area contributed by atoms with Crippen molar-refractivity contribution in [1.29, 1.82) is 5.26 Å². The van der Waals surface area contributed by atoms with Crippen LogP contribution in [-0.4, -0.2) is 4.57 Å². The molecule has 0 saturated carbocycles. The lowest BCUT2D eigenvalue weighted by Gasteiger charge is -2.15. The van der Waals surface area contributed by atoms with Crippen molar-refractivity contribution in [3.8, 4) is 6.07 Å². The summed E-state index contributed by atoms with van der Waals surface area (Å²) in [5.74, 6) is 0. The first-order chi connectivity index (χ1) is 8.63. The molecule has 0 atom stereocenters. The van der Waals surface area contributed by atoms with E-state index < -0.39 is 0 Å². The van der Waals surface area contributed by atoms with E-state index in [-0.39, 0.29) is 6.04 Å². The topological polar surface area (TPSA) is 54.7 Å². The average Bonchev–Trinajstić information content (AvgIpc) is 2.67. The van der Waals surface area contributed by atoms with E-state index in [1.54, 1.807) is 6.07 Å². The average molecular weight is 239 g/mol. The van der Waals surface area contributed by atoms with Crippen LogP contribution >= 0.6 is 0 Å². The van der Waals surface area contributed by atoms with Gasteiger partial charge < -0.3 is 10.3 Å². The van der Waals surface area contributed by atoms with Gasteiger partial charge >= 0.3 is 0 Å². The molecule has 3 heteroatoms. The van der Waals surface area contributed by atoms with Crippen molar-refractivity contribution in [2.24, 2.45) is 0 Å². The van der Waals surface area contributed by atoms with Gasteiger partial charge in [-0.15, -0.1) is 0 Å². The number of hydrogen-bond donors (Lipinski definition) is 1. The second-order valence-corrected chi connectivity index (χ2v) is 4.67. The molecule has 1 heterocycles. The first-order valence-electron chi connectivity index (χ1n) is 6.07. The third kappa shape index (κ3) is 2.23. The Morgan fingerprint density at radius 1 is 1.28 bits per heavy atom. The van der Waals surface area contributed by atoms with E-state index in [2.05, 4.69) is 32.0 Å². The Bertz CT molecular complexity index is 574. The van der Waals surface area contributed by atoms with E-state index >= 15 is 0 Å². The van der Waals surface area contributed by atoms with Gasteiger partial charge in [0.15, 0.2) is 0 Å². The molecule has 0 bridgehead atoms. The maximum atomic E-state index is 9.14. The Hall–Kier alpha value is -2.21. The van der Waals surface area contributed by atoms with Gasteiger partial charge in [-0.2, -0.15) is 5.26 Å². The fourth-order valence-electron chi connectivity index (χ4n) is 2.24. The molecular weight excluding hydrogens is 222 g/mol. The molecule has 0 fully saturated rings. The van der Waals surface area contributed by atoms with Crippen molar-refractivity contribution >= 4 is 5.69 Å². The molecule has 1 aromatic carbocycles. The molecule has 0 radical (unpaired) electrons. The zero-order chi connectivity index (χ0) is 13.1. The minimum Gasteiger partial charge on any atom is -0.397 e. The number of benzene rings is 1. The summed E-state index contributed by atoms with van der Waals surface area (Å²) in [6, 6.07) is 14.4. The molecule has 2 rings (SSSR count). The molecular formula is C15H17N3. The molecule has 92 valence electrons. The highest BCUT2D eigenvalue weighted by Gasteiger charge is 2.15. The predicted octanol–water partition coefficient (Wildman–Crippen LogP) is 3.11. The molecule has 0 aliphatic heterocycles. The lowest BCUT2D eigenvalue weighted by atomic mass is 10.1. The normalized spacial score (nSPS) is 10.6. The van der Waals surface area contributed by atoms with E-state index in [4.69, 9.17) is 11.0 Å². The van der Waals surface area contributed by atoms with Crippen LogP contribution in [0, 0.1) is 11.3 Å². The Labute approximate surface area is 107 Å². The highest BCUT2D eigenvalue weighted by molar-refractivity contribution is 5.52. The van der Waals surface area contributed by atoms with Crippen LogP contribution in [0.1, 0.15) is 36.8 Å². The second-order valence-electron chi connectivity index (χ2n) is 4.67. The Balaban J connectivity index is 2.45. The highest BCUT2D eigenvalue weighted by Crippen LogP contribution is 2.25. The Morgan fingerprint density at radius 2 is 1.94 bits per heavy atom. The number of nitriles is 1. The summed E-state index contributed by atoms with van der Waals surface area (Å²) in [7, 11) is 0. The summed E-state index contributed by atoms with van der Waals surface area (Å²) >= 11 is 0. The fourth-order valence-corrected chi connectivity index (χ4v) is 2.24. The van der Waals surface area contributed by atoms with E-state index in [9.17, 15) is 0 Å². The van der Waals surface area contributed by atoms with Gasteiger partial charge in [0.05, 0.1) is 5.69 Å². The number of nitrogen functional groups attached to an aromatic ring is 1. The minimum absolute atomic E-state index is 0.232. The minimum atomic E-state index is 0.232. The number of nitrogens with zero attached hydrogens (tertiary/aromatic N) is 2. The SMILES string of the molecule is CC(C)n1c(C#N)cc(N)c1Cc1ccccc1. The van der Waals surface area contributed by atoms with E-state index in [1.807, 2.05) is 22.8 Å². The highest BCUT2D eigenvalue weighted by atomic mass is 15.0. The fraction of sp³-hybridized carbons (Fsp3) is 0.267. The smallest absolute Gasteiger partial charge is 0.122 e. The molecule has 0 aliphatic rings. The van der Waals surface area contributed by atoms with E-state index in [0.29, 0.717) is 11.4 Å². The first-order valence-corrected chi connectivity index (χ1v) is 6.07. The van der Waals surface area contributed by atoms with Gasteiger partial charge in [-0.1, -0.05) is 30.3 Å². The third-order valence-corrected chi connectivity index (χ3v) is 3.02. The van der Waals surface area contributed by atoms with Gasteiger partial charge in [0, 0.05) is 18.2 Å². The largest absolute Gasteiger partial charge is 0.397 e. The van der Waals surface area contributed by atoms with Gasteiger partial charge in [-0.3, -0.25) is 0 Å². The standard InChI is InChI=1S/C15H17N3/c1-11(2)18-13(10-16)9-14(17)15(18)8-12-6-4-3-5-7-12/h3-7,9,11H,8,17H2,1-2H3. The summed E-state index contributed by atoms with van der Waals surface area (Å²) in [6.45, 7) is 4.13. The number of hydrogen-bond acceptors (Lipinski definition) is 2. The van der Waals surface area contributed by atoms with Gasteiger partial charge in [-0.05, 0) is 25.5 Å². The van der Waals surface area contributed by atoms with E-state index in [0.717, 1.165) is 12.1 Å². The quantitative estimate of drug-likeness (QED) is 0.894. The van der Waals surface area contributed by atoms with Crippen molar-refractivity contribution in [2.75, 3.05) is 5.73 Å². The van der Waals surface area contributed by atoms with Crippen LogP contribution in [0.4, 0.5) is 5.69 Å². The molecule has 2 aromatic rings. The molecule has 1 aromatic heterocycles. The van der Waals surface area contributed by atoms with Gasteiger partial charge in [0.1, 0.15) is 11.8 Å². The lowest BCUT2D eigenvalue weighted by molar-refractivity contribution is 0.577. The second kappa shape index (κ2) is 4.97. The van der Waals surface area contributed by atoms with Crippen molar-refractivity contribution in [2.45, 2.75) is 26.3 Å². The van der Waals surface area contributed by atoms with Gasteiger partial charge in [0.2, 0.25) is 0 Å². The number of anilines is 1. The Morgan fingerprint density at radius 3 is 2.50 bits per heavy atom. The Kier molecular flexibility index (Phi) is 3.38. The van der Waals surface area contributed by atoms with Gasteiger partial charge in [-0.25, -0.2) is 0 Å². The molecule has 0 amide bonds. The van der Waals surface area contributed by atoms with E-state index in [1.165, 1.54) is 5.56 Å². The number of nitrogens with two attached hydrogens (primary N) is 1. The molecule has 0 unspecified atom stereocenters. The lowest BCUT2D eigenvalue weighted by Crippen LogP contribution is -2.09. The van der Waals surface area contributed by atoms with Gasteiger partial charge in [0.25, 0.3) is 0 Å². The van der Waals surface area contributed by atoms with Crippen LogP contribution in [-0.2, 0) is 6.42 Å². The molecule has 0 spiro atoms. The monoisotopic (exact) mass is 239 g/mol. The summed E-state index contributed by atoms with van der Waals surface area (Å²) < 4.78 is 2.02. The van der Waals surface area contributed by atoms with Crippen molar-refractivity contribution < 1.29 is 0 Å². The van der Waals surface area contributed by atoms with Crippen LogP contribution in [0.5, 0.6) is 0 Å². The maximum Gasteiger partial charge on any atom is 0.122 e. The molecule has 0 aliphatic carbocycles. The summed E-state index contributed by atoms with van der Waals surface area (Å²) in [5, 5.41) is 9.14. The molecule has 18 heavy (non-hydrogen) atoms. The number of rotatable bonds is 3. The summed E-state index contributed by atoms with van der Waals surface area (Å²) in [5.41, 5.74) is 9.59. The molecule has 3 nitrogen and oxygen atoms in total. The molecule has 2 N–H and O–H groups in total. The first kappa shape index (κ1) is 12.3. The summed E-state index contributed by atoms with van der Waals surface area (Å²) in [6.07, 6.45) is 0.756. The zero-order valence-electron chi connectivity index (χ0n) is 10.7. The van der Waals surface area contributed by atoms with Crippen LogP contribution < -0.4 is 5.73 Å². The third-order valence-electron chi connectivity index (χ3n) is 3.02. The van der Waals surface area contributed by atoms with Crippen LogP contribution in [0.2, 0.25) is 0 Å². The maximum absolute atomic E-state index is 9.14. The zero-order valence-corrected chi connectivity index (χ0v) is 10.7. The molecule has 0 saturated heterocycles. The van der Waals surface area contributed by atoms with Crippen molar-refractivity contribution in [3.63, 3.8) is 0 Å². The van der Waals surface area contributed by atoms with Crippen LogP contribution in [0.3, 0.4) is 0 Å². The van der Waals surface area contributed by atoms with Crippen molar-refractivity contribution in [1.82, 2.24) is 4.57 Å². The van der Waals surface area contributed by atoms with Crippen molar-refractivity contribution in [3.05, 3.63) is 53.3 Å².